The molecule has 0 N–H and O–H groups in total. The number of thioether (sulfide) groups is 1. The predicted octanol–water partition coefficient (Wildman–Crippen LogP) is 8.68. The molecule has 0 radical (unpaired) electrons. The fourth-order valence-corrected chi connectivity index (χ4v) is 7.58. The maximum absolute atomic E-state index is 2.53. The summed E-state index contributed by atoms with van der Waals surface area (Å²) >= 11 is 2.03. The third kappa shape index (κ3) is 3.46. The Morgan fingerprint density at radius 1 is 0.912 bits per heavy atom. The van der Waals surface area contributed by atoms with Crippen molar-refractivity contribution in [2.45, 2.75) is 48.2 Å². The van der Waals surface area contributed by atoms with Crippen molar-refractivity contribution < 1.29 is 0 Å². The van der Waals surface area contributed by atoms with E-state index in [1.54, 1.807) is 0 Å². The second-order valence-corrected chi connectivity index (χ2v) is 11.2. The van der Waals surface area contributed by atoms with Crippen LogP contribution >= 0.6 is 11.8 Å². The second-order valence-electron chi connectivity index (χ2n) is 9.95. The molecule has 0 bridgehead atoms. The number of hydrogen-bond acceptors (Lipinski definition) is 1. The van der Waals surface area contributed by atoms with Crippen molar-refractivity contribution in [1.29, 1.82) is 0 Å². The van der Waals surface area contributed by atoms with E-state index in [0.29, 0.717) is 11.2 Å². The lowest BCUT2D eigenvalue weighted by atomic mass is 9.86. The van der Waals surface area contributed by atoms with Crippen LogP contribution in [0.4, 0.5) is 0 Å². The Morgan fingerprint density at radius 3 is 2.82 bits per heavy atom. The Kier molecular flexibility index (Phi) is 4.98. The van der Waals surface area contributed by atoms with Crippen LogP contribution < -0.4 is 0 Å². The maximum Gasteiger partial charge on any atom is 0.0384 e. The standard InChI is InChI=1S/C33H28S/c1-2-4-10-24(9-3-1)30-19-23(18-26-21-25-11-5-6-12-27(25)33(26)30)17-22-15-16-29-28-13-7-8-14-31(28)34-32(29)20-22/h1,3,5-9,11-16,18-20,29,32H,2,4,10,17,21H2. The van der Waals surface area contributed by atoms with Crippen molar-refractivity contribution in [3.05, 3.63) is 131 Å². The van der Waals surface area contributed by atoms with E-state index in [0.717, 1.165) is 19.3 Å². The van der Waals surface area contributed by atoms with E-state index >= 15 is 0 Å². The van der Waals surface area contributed by atoms with Gasteiger partial charge in [0.25, 0.3) is 0 Å². The van der Waals surface area contributed by atoms with Gasteiger partial charge in [-0.3, -0.25) is 0 Å². The van der Waals surface area contributed by atoms with Crippen LogP contribution in [0.2, 0.25) is 0 Å². The minimum atomic E-state index is 0.526. The molecule has 0 saturated carbocycles. The van der Waals surface area contributed by atoms with Gasteiger partial charge in [0, 0.05) is 16.1 Å². The van der Waals surface area contributed by atoms with Crippen molar-refractivity contribution >= 4 is 17.3 Å². The Bertz CT molecular complexity index is 1410. The first-order valence-corrected chi connectivity index (χ1v) is 13.5. The van der Waals surface area contributed by atoms with E-state index in [1.807, 2.05) is 11.8 Å². The number of rotatable bonds is 3. The summed E-state index contributed by atoms with van der Waals surface area (Å²) in [6.45, 7) is 0. The van der Waals surface area contributed by atoms with Gasteiger partial charge in [-0.05, 0) is 88.3 Å². The molecule has 3 aromatic rings. The number of allylic oxidation sites excluding steroid dienone is 7. The van der Waals surface area contributed by atoms with Gasteiger partial charge in [-0.1, -0.05) is 91.1 Å². The lowest BCUT2D eigenvalue weighted by Crippen LogP contribution is -2.10. The Balaban J connectivity index is 1.25. The van der Waals surface area contributed by atoms with Gasteiger partial charge in [0.05, 0.1) is 0 Å². The van der Waals surface area contributed by atoms with Gasteiger partial charge < -0.3 is 0 Å². The molecule has 7 rings (SSSR count). The van der Waals surface area contributed by atoms with Crippen LogP contribution in [0.25, 0.3) is 16.7 Å². The van der Waals surface area contributed by atoms with Crippen LogP contribution in [-0.2, 0) is 12.8 Å². The van der Waals surface area contributed by atoms with E-state index < -0.39 is 0 Å². The van der Waals surface area contributed by atoms with Crippen LogP contribution in [0, 0.1) is 0 Å². The average Bonchev–Trinajstić information content (AvgIpc) is 3.29. The smallest absolute Gasteiger partial charge is 0.0384 e. The zero-order chi connectivity index (χ0) is 22.5. The topological polar surface area (TPSA) is 0 Å². The first-order chi connectivity index (χ1) is 16.8. The molecule has 0 fully saturated rings. The first kappa shape index (κ1) is 20.4. The number of benzene rings is 3. The summed E-state index contributed by atoms with van der Waals surface area (Å²) in [4.78, 5) is 1.45. The van der Waals surface area contributed by atoms with Gasteiger partial charge in [0.1, 0.15) is 0 Å². The van der Waals surface area contributed by atoms with E-state index in [-0.39, 0.29) is 0 Å². The summed E-state index contributed by atoms with van der Waals surface area (Å²) in [7, 11) is 0. The summed E-state index contributed by atoms with van der Waals surface area (Å²) in [5, 5.41) is 0.533. The molecule has 1 heterocycles. The molecule has 1 heteroatoms. The molecule has 3 aliphatic carbocycles. The summed E-state index contributed by atoms with van der Waals surface area (Å²) in [5.74, 6) is 0.526. The highest BCUT2D eigenvalue weighted by atomic mass is 32.2. The molecule has 0 amide bonds. The molecule has 166 valence electrons. The molecule has 34 heavy (non-hydrogen) atoms. The Hall–Kier alpha value is -3.03. The van der Waals surface area contributed by atoms with Gasteiger partial charge in [-0.25, -0.2) is 0 Å². The monoisotopic (exact) mass is 456 g/mol. The van der Waals surface area contributed by atoms with Gasteiger partial charge in [0.2, 0.25) is 0 Å². The van der Waals surface area contributed by atoms with E-state index in [1.165, 1.54) is 67.8 Å². The number of hydrogen-bond donors (Lipinski definition) is 0. The molecule has 2 atom stereocenters. The Labute approximate surface area is 206 Å². The van der Waals surface area contributed by atoms with Crippen LogP contribution in [0.1, 0.15) is 53.0 Å². The summed E-state index contributed by atoms with van der Waals surface area (Å²) in [6.07, 6.45) is 20.0. The van der Waals surface area contributed by atoms with Gasteiger partial charge >= 0.3 is 0 Å². The van der Waals surface area contributed by atoms with Crippen LogP contribution in [0.3, 0.4) is 0 Å². The minimum Gasteiger partial charge on any atom is -0.117 e. The molecular formula is C33H28S. The summed E-state index contributed by atoms with van der Waals surface area (Å²) in [5.41, 5.74) is 13.3. The molecule has 0 spiro atoms. The Morgan fingerprint density at radius 2 is 1.82 bits per heavy atom. The maximum atomic E-state index is 2.53. The predicted molar refractivity (Wildman–Crippen MR) is 145 cm³/mol. The fraction of sp³-hybridized carbons (Fsp3) is 0.212. The zero-order valence-electron chi connectivity index (χ0n) is 19.3. The van der Waals surface area contributed by atoms with Crippen LogP contribution in [0.5, 0.6) is 0 Å². The number of fused-ring (bicyclic) bond motifs is 6. The summed E-state index contributed by atoms with van der Waals surface area (Å²) in [6, 6.07) is 22.9. The van der Waals surface area contributed by atoms with Crippen LogP contribution in [-0.4, -0.2) is 5.25 Å². The molecule has 0 nitrogen and oxygen atoms in total. The van der Waals surface area contributed by atoms with E-state index in [4.69, 9.17) is 0 Å². The highest BCUT2D eigenvalue weighted by Crippen LogP contribution is 2.49. The van der Waals surface area contributed by atoms with Gasteiger partial charge in [-0.2, -0.15) is 0 Å². The van der Waals surface area contributed by atoms with Crippen molar-refractivity contribution in [2.75, 3.05) is 0 Å². The van der Waals surface area contributed by atoms with E-state index in [2.05, 4.69) is 97.1 Å². The average molecular weight is 457 g/mol. The lowest BCUT2D eigenvalue weighted by molar-refractivity contribution is 0.865. The molecule has 4 aliphatic rings. The van der Waals surface area contributed by atoms with Crippen molar-refractivity contribution in [1.82, 2.24) is 0 Å². The van der Waals surface area contributed by atoms with Crippen LogP contribution in [0.15, 0.2) is 108 Å². The lowest BCUT2D eigenvalue weighted by Gasteiger charge is -2.20. The molecule has 0 saturated heterocycles. The van der Waals surface area contributed by atoms with Gasteiger partial charge in [-0.15, -0.1) is 11.8 Å². The third-order valence-electron chi connectivity index (χ3n) is 7.74. The van der Waals surface area contributed by atoms with E-state index in [9.17, 15) is 0 Å². The molecule has 0 aromatic heterocycles. The molecular weight excluding hydrogens is 428 g/mol. The highest BCUT2D eigenvalue weighted by molar-refractivity contribution is 8.00. The zero-order valence-corrected chi connectivity index (χ0v) is 20.2. The largest absolute Gasteiger partial charge is 0.117 e. The first-order valence-electron chi connectivity index (χ1n) is 12.6. The fourth-order valence-electron chi connectivity index (χ4n) is 6.16. The SMILES string of the molecule is C1=CCCCC(c2cc(CC3=CC4Sc5ccccc5C4C=C3)cc3c2-c2ccccc2C3)=C1. The van der Waals surface area contributed by atoms with Crippen molar-refractivity contribution in [3.63, 3.8) is 0 Å². The summed E-state index contributed by atoms with van der Waals surface area (Å²) < 4.78 is 0. The quantitative estimate of drug-likeness (QED) is 0.297. The molecule has 1 aliphatic heterocycles. The van der Waals surface area contributed by atoms with Crippen molar-refractivity contribution in [3.8, 4) is 11.1 Å². The normalized spacial score (nSPS) is 21.8. The molecule has 2 unspecified atom stereocenters. The molecule has 3 aromatic carbocycles. The minimum absolute atomic E-state index is 0.526. The van der Waals surface area contributed by atoms with Gasteiger partial charge in [0.15, 0.2) is 0 Å². The second kappa shape index (κ2) is 8.32. The van der Waals surface area contributed by atoms with Crippen molar-refractivity contribution in [2.24, 2.45) is 0 Å². The highest BCUT2D eigenvalue weighted by Gasteiger charge is 2.32. The third-order valence-corrected chi connectivity index (χ3v) is 9.07.